The molecule has 1 aromatic carbocycles. The van der Waals surface area contributed by atoms with E-state index in [2.05, 4.69) is 10.1 Å². The van der Waals surface area contributed by atoms with Gasteiger partial charge in [0, 0.05) is 6.42 Å². The second-order valence-corrected chi connectivity index (χ2v) is 6.24. The van der Waals surface area contributed by atoms with Crippen molar-refractivity contribution in [2.24, 2.45) is 0 Å². The summed E-state index contributed by atoms with van der Waals surface area (Å²) in [7, 11) is 0. The smallest absolute Gasteiger partial charge is 0.306 e. The van der Waals surface area contributed by atoms with Crippen molar-refractivity contribution in [1.29, 1.82) is 0 Å². The maximum atomic E-state index is 13.4. The average Bonchev–Trinajstić information content (AvgIpc) is 3.32. The van der Waals surface area contributed by atoms with E-state index >= 15 is 0 Å². The van der Waals surface area contributed by atoms with Gasteiger partial charge >= 0.3 is 5.97 Å². The highest BCUT2D eigenvalue weighted by Crippen LogP contribution is 2.21. The molecule has 0 aliphatic rings. The molecule has 3 rings (SSSR count). The fourth-order valence-electron chi connectivity index (χ4n) is 2.08. The molecular weight excluding hydrogens is 380 g/mol. The van der Waals surface area contributed by atoms with Gasteiger partial charge in [-0.2, -0.15) is 4.98 Å². The second-order valence-electron chi connectivity index (χ2n) is 5.29. The van der Waals surface area contributed by atoms with Crippen LogP contribution in [-0.2, 0) is 20.7 Å². The number of hydrogen-bond acceptors (Lipinski definition) is 7. The molecule has 0 saturated carbocycles. The number of para-hydroxylation sites is 1. The van der Waals surface area contributed by atoms with Crippen molar-refractivity contribution >= 4 is 28.9 Å². The minimum absolute atomic E-state index is 0.0899. The minimum atomic E-state index is -0.924. The van der Waals surface area contributed by atoms with Crippen molar-refractivity contribution in [1.82, 2.24) is 10.1 Å². The van der Waals surface area contributed by atoms with Crippen molar-refractivity contribution < 1.29 is 27.6 Å². The van der Waals surface area contributed by atoms with Gasteiger partial charge in [0.1, 0.15) is 17.3 Å². The lowest BCUT2D eigenvalue weighted by Crippen LogP contribution is -2.22. The molecule has 27 heavy (non-hydrogen) atoms. The zero-order valence-corrected chi connectivity index (χ0v) is 14.6. The predicted molar refractivity (Wildman–Crippen MR) is 91.9 cm³/mol. The van der Waals surface area contributed by atoms with Gasteiger partial charge in [-0.05, 0) is 23.6 Å². The van der Waals surface area contributed by atoms with Gasteiger partial charge in [-0.3, -0.25) is 9.59 Å². The van der Waals surface area contributed by atoms with Gasteiger partial charge in [0.2, 0.25) is 11.7 Å². The van der Waals surface area contributed by atoms with Gasteiger partial charge < -0.3 is 14.6 Å². The molecule has 2 aromatic heterocycles. The van der Waals surface area contributed by atoms with Crippen LogP contribution >= 0.6 is 11.3 Å². The average molecular weight is 393 g/mol. The van der Waals surface area contributed by atoms with Gasteiger partial charge in [-0.25, -0.2) is 8.78 Å². The maximum Gasteiger partial charge on any atom is 0.306 e. The van der Waals surface area contributed by atoms with Crippen molar-refractivity contribution in [2.45, 2.75) is 12.8 Å². The van der Waals surface area contributed by atoms with E-state index < -0.39 is 35.8 Å². The SMILES string of the molecule is O=C(COC(=O)CCc1nc(-c2cccs2)no1)Nc1c(F)cccc1F. The fourth-order valence-corrected chi connectivity index (χ4v) is 2.73. The molecular formula is C17H13F2N3O4S. The van der Waals surface area contributed by atoms with Gasteiger partial charge in [0.05, 0.1) is 11.3 Å². The Labute approximate surface area is 156 Å². The molecule has 1 N–H and O–H groups in total. The van der Waals surface area contributed by atoms with E-state index in [1.54, 1.807) is 0 Å². The summed E-state index contributed by atoms with van der Waals surface area (Å²) in [6, 6.07) is 6.86. The zero-order chi connectivity index (χ0) is 19.2. The van der Waals surface area contributed by atoms with Gasteiger partial charge in [-0.1, -0.05) is 17.3 Å². The van der Waals surface area contributed by atoms with E-state index in [0.29, 0.717) is 5.82 Å². The Kier molecular flexibility index (Phi) is 5.87. The first-order chi connectivity index (χ1) is 13.0. The first-order valence-electron chi connectivity index (χ1n) is 7.79. The van der Waals surface area contributed by atoms with Crippen LogP contribution in [0.1, 0.15) is 12.3 Å². The predicted octanol–water partition coefficient (Wildman–Crippen LogP) is 3.19. The second kappa shape index (κ2) is 8.49. The summed E-state index contributed by atoms with van der Waals surface area (Å²) in [5.74, 6) is -2.70. The lowest BCUT2D eigenvalue weighted by atomic mass is 10.3. The summed E-state index contributed by atoms with van der Waals surface area (Å²) in [5.41, 5.74) is -0.592. The number of aryl methyl sites for hydroxylation is 1. The normalized spacial score (nSPS) is 10.6. The standard InChI is InChI=1S/C17H13F2N3O4S/c18-10-3-1-4-11(19)16(10)20-13(23)9-25-15(24)7-6-14-21-17(22-26-14)12-5-2-8-27-12/h1-5,8H,6-7,9H2,(H,20,23). The minimum Gasteiger partial charge on any atom is -0.456 e. The molecule has 0 fully saturated rings. The summed E-state index contributed by atoms with van der Waals surface area (Å²) in [5, 5.41) is 7.71. The Morgan fingerprint density at radius 3 is 2.67 bits per heavy atom. The lowest BCUT2D eigenvalue weighted by Gasteiger charge is -2.08. The molecule has 10 heteroatoms. The number of nitrogens with zero attached hydrogens (tertiary/aromatic N) is 2. The Morgan fingerprint density at radius 2 is 1.96 bits per heavy atom. The number of halogens is 2. The fraction of sp³-hybridized carbons (Fsp3) is 0.176. The molecule has 0 spiro atoms. The van der Waals surface area contributed by atoms with Crippen LogP contribution < -0.4 is 5.32 Å². The number of benzene rings is 1. The first kappa shape index (κ1) is 18.6. The van der Waals surface area contributed by atoms with E-state index in [4.69, 9.17) is 9.26 Å². The number of nitrogens with one attached hydrogen (secondary N) is 1. The van der Waals surface area contributed by atoms with Crippen LogP contribution in [0.5, 0.6) is 0 Å². The molecule has 0 aliphatic heterocycles. The Balaban J connectivity index is 1.44. The van der Waals surface area contributed by atoms with Crippen LogP contribution in [0, 0.1) is 11.6 Å². The number of aromatic nitrogens is 2. The molecule has 140 valence electrons. The van der Waals surface area contributed by atoms with Crippen molar-refractivity contribution in [2.75, 3.05) is 11.9 Å². The lowest BCUT2D eigenvalue weighted by molar-refractivity contribution is -0.147. The summed E-state index contributed by atoms with van der Waals surface area (Å²) in [6.45, 7) is -0.670. The number of ether oxygens (including phenoxy) is 1. The van der Waals surface area contributed by atoms with Crippen LogP contribution in [0.15, 0.2) is 40.2 Å². The molecule has 2 heterocycles. The van der Waals surface area contributed by atoms with Gasteiger partial charge in [0.15, 0.2) is 6.61 Å². The number of esters is 1. The third-order valence-corrected chi connectivity index (χ3v) is 4.21. The van der Waals surface area contributed by atoms with E-state index in [-0.39, 0.29) is 18.7 Å². The van der Waals surface area contributed by atoms with Crippen molar-refractivity contribution in [3.8, 4) is 10.7 Å². The number of thiophene rings is 1. The van der Waals surface area contributed by atoms with Crippen LogP contribution in [0.2, 0.25) is 0 Å². The van der Waals surface area contributed by atoms with Crippen molar-refractivity contribution in [3.05, 3.63) is 53.2 Å². The Morgan fingerprint density at radius 1 is 1.19 bits per heavy atom. The topological polar surface area (TPSA) is 94.3 Å². The first-order valence-corrected chi connectivity index (χ1v) is 8.67. The maximum absolute atomic E-state index is 13.4. The molecule has 0 saturated heterocycles. The third-order valence-electron chi connectivity index (χ3n) is 3.34. The number of rotatable bonds is 7. The van der Waals surface area contributed by atoms with Crippen molar-refractivity contribution in [3.63, 3.8) is 0 Å². The molecule has 0 atom stereocenters. The van der Waals surface area contributed by atoms with Gasteiger partial charge in [0.25, 0.3) is 5.91 Å². The molecule has 1 amide bonds. The van der Waals surface area contributed by atoms with E-state index in [0.717, 1.165) is 17.0 Å². The van der Waals surface area contributed by atoms with E-state index in [9.17, 15) is 18.4 Å². The largest absolute Gasteiger partial charge is 0.456 e. The van der Waals surface area contributed by atoms with Gasteiger partial charge in [-0.15, -0.1) is 11.3 Å². The number of carbonyl (C=O) groups excluding carboxylic acids is 2. The Hall–Kier alpha value is -3.14. The van der Waals surface area contributed by atoms with Crippen LogP contribution in [0.25, 0.3) is 10.7 Å². The summed E-state index contributed by atoms with van der Waals surface area (Å²) in [4.78, 5) is 28.4. The molecule has 0 radical (unpaired) electrons. The Bertz CT molecular complexity index is 923. The monoisotopic (exact) mass is 393 g/mol. The highest BCUT2D eigenvalue weighted by atomic mass is 32.1. The molecule has 7 nitrogen and oxygen atoms in total. The number of hydrogen-bond donors (Lipinski definition) is 1. The summed E-state index contributed by atoms with van der Waals surface area (Å²) < 4.78 is 36.7. The summed E-state index contributed by atoms with van der Waals surface area (Å²) in [6.07, 6.45) is 0.0498. The molecule has 3 aromatic rings. The van der Waals surface area contributed by atoms with E-state index in [1.165, 1.54) is 17.4 Å². The highest BCUT2D eigenvalue weighted by Gasteiger charge is 2.15. The number of amides is 1. The third kappa shape index (κ3) is 4.94. The zero-order valence-electron chi connectivity index (χ0n) is 13.8. The van der Waals surface area contributed by atoms with Crippen LogP contribution in [0.4, 0.5) is 14.5 Å². The number of carbonyl (C=O) groups is 2. The summed E-state index contributed by atoms with van der Waals surface area (Å²) >= 11 is 1.45. The highest BCUT2D eigenvalue weighted by molar-refractivity contribution is 7.13. The quantitative estimate of drug-likeness (QED) is 0.620. The van der Waals surface area contributed by atoms with Crippen LogP contribution in [0.3, 0.4) is 0 Å². The van der Waals surface area contributed by atoms with E-state index in [1.807, 2.05) is 22.8 Å². The number of anilines is 1. The molecule has 0 bridgehead atoms. The van der Waals surface area contributed by atoms with Crippen LogP contribution in [-0.4, -0.2) is 28.6 Å². The molecule has 0 unspecified atom stereocenters. The molecule has 0 aliphatic carbocycles.